The molecule has 0 bridgehead atoms. The van der Waals surface area contributed by atoms with Crippen LogP contribution in [0, 0.1) is 0 Å². The number of nitrogens with zero attached hydrogens (tertiary/aromatic N) is 1. The van der Waals surface area contributed by atoms with E-state index in [9.17, 15) is 4.79 Å². The van der Waals surface area contributed by atoms with Crippen molar-refractivity contribution in [3.05, 3.63) is 24.3 Å². The van der Waals surface area contributed by atoms with Crippen LogP contribution in [0.3, 0.4) is 0 Å². The van der Waals surface area contributed by atoms with E-state index in [-0.39, 0.29) is 5.91 Å². The smallest absolute Gasteiger partial charge is 0.226 e. The number of amides is 1. The maximum atomic E-state index is 12.3. The summed E-state index contributed by atoms with van der Waals surface area (Å²) >= 11 is 1.92. The van der Waals surface area contributed by atoms with Gasteiger partial charge < -0.3 is 15.5 Å². The van der Waals surface area contributed by atoms with Gasteiger partial charge in [-0.05, 0) is 25.0 Å². The van der Waals surface area contributed by atoms with Gasteiger partial charge in [-0.2, -0.15) is 11.8 Å². The highest BCUT2D eigenvalue weighted by Crippen LogP contribution is 2.28. The number of benzene rings is 1. The highest BCUT2D eigenvalue weighted by molar-refractivity contribution is 7.99. The lowest BCUT2D eigenvalue weighted by atomic mass is 10.2. The number of hydrogen-bond donors (Lipinski definition) is 2. The van der Waals surface area contributed by atoms with E-state index in [0.29, 0.717) is 12.5 Å². The summed E-state index contributed by atoms with van der Waals surface area (Å²) in [5.41, 5.74) is 2.11. The third kappa shape index (κ3) is 3.92. The van der Waals surface area contributed by atoms with Crippen molar-refractivity contribution in [2.24, 2.45) is 0 Å². The highest BCUT2D eigenvalue weighted by Gasteiger charge is 2.19. The van der Waals surface area contributed by atoms with Crippen molar-refractivity contribution < 1.29 is 4.79 Å². The molecule has 0 aliphatic carbocycles. The van der Waals surface area contributed by atoms with Gasteiger partial charge in [0.05, 0.1) is 11.4 Å². The fraction of sp³-hybridized carbons (Fsp3) is 0.562. The molecule has 0 saturated carbocycles. The summed E-state index contributed by atoms with van der Waals surface area (Å²) < 4.78 is 0. The zero-order valence-electron chi connectivity index (χ0n) is 12.3. The predicted octanol–water partition coefficient (Wildman–Crippen LogP) is 2.32. The van der Waals surface area contributed by atoms with Gasteiger partial charge in [-0.25, -0.2) is 0 Å². The lowest BCUT2D eigenvalue weighted by Crippen LogP contribution is -2.40. The van der Waals surface area contributed by atoms with Crippen molar-refractivity contribution >= 4 is 29.0 Å². The van der Waals surface area contributed by atoms with Gasteiger partial charge >= 0.3 is 0 Å². The van der Waals surface area contributed by atoms with Crippen molar-refractivity contribution in [2.45, 2.75) is 25.3 Å². The molecule has 2 heterocycles. The number of thioether (sulfide) groups is 1. The molecule has 2 aliphatic heterocycles. The summed E-state index contributed by atoms with van der Waals surface area (Å²) in [7, 11) is 0. The maximum absolute atomic E-state index is 12.3. The third-order valence-corrected chi connectivity index (χ3v) is 5.19. The molecule has 1 aromatic carbocycles. The SMILES string of the molecule is O=C(CC1CSCCN1)Nc1ccccc1N1CCCC1. The minimum absolute atomic E-state index is 0.113. The Bertz CT molecular complexity index is 482. The second-order valence-corrected chi connectivity index (χ2v) is 6.84. The van der Waals surface area contributed by atoms with E-state index in [1.54, 1.807) is 0 Å². The van der Waals surface area contributed by atoms with Crippen LogP contribution in [0.2, 0.25) is 0 Å². The number of nitrogens with one attached hydrogen (secondary N) is 2. The van der Waals surface area contributed by atoms with Crippen LogP contribution in [0.4, 0.5) is 11.4 Å². The van der Waals surface area contributed by atoms with Crippen molar-refractivity contribution in [2.75, 3.05) is 41.4 Å². The normalized spacial score (nSPS) is 22.3. The number of anilines is 2. The van der Waals surface area contributed by atoms with E-state index in [1.807, 2.05) is 30.0 Å². The highest BCUT2D eigenvalue weighted by atomic mass is 32.2. The number of carbonyl (C=O) groups is 1. The van der Waals surface area contributed by atoms with Crippen molar-refractivity contribution in [1.82, 2.24) is 5.32 Å². The third-order valence-electron chi connectivity index (χ3n) is 4.06. The minimum atomic E-state index is 0.113. The van der Waals surface area contributed by atoms with Crippen LogP contribution >= 0.6 is 11.8 Å². The molecule has 3 rings (SSSR count). The van der Waals surface area contributed by atoms with E-state index in [0.717, 1.165) is 42.5 Å². The van der Waals surface area contributed by atoms with Crippen molar-refractivity contribution in [3.63, 3.8) is 0 Å². The number of carbonyl (C=O) groups excluding carboxylic acids is 1. The van der Waals surface area contributed by atoms with E-state index >= 15 is 0 Å². The zero-order valence-corrected chi connectivity index (χ0v) is 13.1. The monoisotopic (exact) mass is 305 g/mol. The number of rotatable bonds is 4. The molecule has 5 heteroatoms. The van der Waals surface area contributed by atoms with Gasteiger partial charge in [0.15, 0.2) is 0 Å². The summed E-state index contributed by atoms with van der Waals surface area (Å²) in [4.78, 5) is 14.6. The van der Waals surface area contributed by atoms with Gasteiger partial charge in [0, 0.05) is 43.6 Å². The molecule has 2 fully saturated rings. The summed E-state index contributed by atoms with van der Waals surface area (Å²) in [6.45, 7) is 3.19. The van der Waals surface area contributed by atoms with Crippen LogP contribution < -0.4 is 15.5 Å². The molecule has 1 aromatic rings. The van der Waals surface area contributed by atoms with Gasteiger partial charge in [-0.1, -0.05) is 12.1 Å². The van der Waals surface area contributed by atoms with Gasteiger partial charge in [0.25, 0.3) is 0 Å². The first-order valence-corrected chi connectivity index (χ1v) is 8.93. The zero-order chi connectivity index (χ0) is 14.5. The molecule has 1 amide bonds. The summed E-state index contributed by atoms with van der Waals surface area (Å²) in [6.07, 6.45) is 3.04. The van der Waals surface area contributed by atoms with Crippen LogP contribution in [0.25, 0.3) is 0 Å². The molecular weight excluding hydrogens is 282 g/mol. The number of para-hydroxylation sites is 2. The van der Waals surface area contributed by atoms with Crippen LogP contribution in [0.15, 0.2) is 24.3 Å². The molecular formula is C16H23N3OS. The lowest BCUT2D eigenvalue weighted by Gasteiger charge is -2.24. The molecule has 21 heavy (non-hydrogen) atoms. The maximum Gasteiger partial charge on any atom is 0.226 e. The molecule has 2 aliphatic rings. The quantitative estimate of drug-likeness (QED) is 0.896. The first kappa shape index (κ1) is 14.7. The Kier molecular flexibility index (Phi) is 5.04. The van der Waals surface area contributed by atoms with Gasteiger partial charge in [-0.3, -0.25) is 4.79 Å². The van der Waals surface area contributed by atoms with E-state index < -0.39 is 0 Å². The van der Waals surface area contributed by atoms with Crippen LogP contribution in [-0.4, -0.2) is 43.1 Å². The van der Waals surface area contributed by atoms with E-state index in [2.05, 4.69) is 21.6 Å². The predicted molar refractivity (Wildman–Crippen MR) is 90.3 cm³/mol. The Morgan fingerprint density at radius 2 is 2.14 bits per heavy atom. The Labute approximate surface area is 130 Å². The summed E-state index contributed by atoms with van der Waals surface area (Å²) in [5, 5.41) is 6.52. The molecule has 0 spiro atoms. The average molecular weight is 305 g/mol. The first-order chi connectivity index (χ1) is 10.3. The summed E-state index contributed by atoms with van der Waals surface area (Å²) in [6, 6.07) is 8.46. The Balaban J connectivity index is 1.62. The second kappa shape index (κ2) is 7.18. The summed E-state index contributed by atoms with van der Waals surface area (Å²) in [5.74, 6) is 2.29. The van der Waals surface area contributed by atoms with E-state index in [1.165, 1.54) is 12.8 Å². The van der Waals surface area contributed by atoms with Gasteiger partial charge in [0.2, 0.25) is 5.91 Å². The molecule has 0 radical (unpaired) electrons. The van der Waals surface area contributed by atoms with Crippen LogP contribution in [0.1, 0.15) is 19.3 Å². The molecule has 1 atom stereocenters. The van der Waals surface area contributed by atoms with Crippen LogP contribution in [0.5, 0.6) is 0 Å². The molecule has 1 unspecified atom stereocenters. The Morgan fingerprint density at radius 3 is 2.90 bits per heavy atom. The van der Waals surface area contributed by atoms with Crippen LogP contribution in [-0.2, 0) is 4.79 Å². The van der Waals surface area contributed by atoms with Gasteiger partial charge in [-0.15, -0.1) is 0 Å². The molecule has 114 valence electrons. The Morgan fingerprint density at radius 1 is 1.33 bits per heavy atom. The second-order valence-electron chi connectivity index (χ2n) is 5.69. The molecule has 0 aromatic heterocycles. The van der Waals surface area contributed by atoms with Crippen molar-refractivity contribution in [3.8, 4) is 0 Å². The average Bonchev–Trinajstić information content (AvgIpc) is 3.03. The fourth-order valence-corrected chi connectivity index (χ4v) is 3.94. The molecule has 4 nitrogen and oxygen atoms in total. The molecule has 2 N–H and O–H groups in total. The lowest BCUT2D eigenvalue weighted by molar-refractivity contribution is -0.116. The minimum Gasteiger partial charge on any atom is -0.370 e. The number of hydrogen-bond acceptors (Lipinski definition) is 4. The Hall–Kier alpha value is -1.20. The van der Waals surface area contributed by atoms with E-state index in [4.69, 9.17) is 0 Å². The topological polar surface area (TPSA) is 44.4 Å². The first-order valence-electron chi connectivity index (χ1n) is 7.78. The fourth-order valence-electron chi connectivity index (χ4n) is 2.99. The van der Waals surface area contributed by atoms with Gasteiger partial charge in [0.1, 0.15) is 0 Å². The molecule has 2 saturated heterocycles. The van der Waals surface area contributed by atoms with Crippen molar-refractivity contribution in [1.29, 1.82) is 0 Å². The standard InChI is InChI=1S/C16H23N3OS/c20-16(11-13-12-21-10-7-17-13)18-14-5-1-2-6-15(14)19-8-3-4-9-19/h1-2,5-6,13,17H,3-4,7-12H2,(H,18,20). The largest absolute Gasteiger partial charge is 0.370 e.